The number of para-hydroxylation sites is 2. The zero-order valence-electron chi connectivity index (χ0n) is 21.1. The van der Waals surface area contributed by atoms with Gasteiger partial charge in [-0.05, 0) is 43.2 Å². The van der Waals surface area contributed by atoms with E-state index in [0.29, 0.717) is 37.0 Å². The van der Waals surface area contributed by atoms with Gasteiger partial charge >= 0.3 is 5.97 Å². The van der Waals surface area contributed by atoms with Gasteiger partial charge in [-0.1, -0.05) is 18.2 Å². The van der Waals surface area contributed by atoms with Crippen molar-refractivity contribution in [2.24, 2.45) is 5.92 Å². The van der Waals surface area contributed by atoms with Gasteiger partial charge in [0, 0.05) is 26.2 Å². The summed E-state index contributed by atoms with van der Waals surface area (Å²) < 4.78 is 18.0. The Morgan fingerprint density at radius 1 is 1.16 bits per heavy atom. The Hall–Kier alpha value is -3.63. The highest BCUT2D eigenvalue weighted by atomic mass is 16.5. The first-order valence-electron chi connectivity index (χ1n) is 12.7. The number of methoxy groups -OCH3 is 1. The van der Waals surface area contributed by atoms with Gasteiger partial charge in [0.05, 0.1) is 44.0 Å². The lowest BCUT2D eigenvalue weighted by Gasteiger charge is -2.38. The van der Waals surface area contributed by atoms with Gasteiger partial charge in [0.1, 0.15) is 0 Å². The van der Waals surface area contributed by atoms with E-state index in [1.165, 1.54) is 13.2 Å². The van der Waals surface area contributed by atoms with Gasteiger partial charge in [0.15, 0.2) is 17.4 Å². The van der Waals surface area contributed by atoms with E-state index >= 15 is 0 Å². The number of aromatic nitrogens is 2. The number of anilines is 1. The molecule has 3 aromatic rings. The minimum absolute atomic E-state index is 0.0750. The third-order valence-electron chi connectivity index (χ3n) is 6.99. The van der Waals surface area contributed by atoms with Crippen LogP contribution in [0.15, 0.2) is 42.5 Å². The molecule has 0 saturated carbocycles. The standard InChI is InChI=1S/C27H32N4O6/c1-3-37-26(34)23-24(18-9-10-22(35-2)21(32)17-18)31-20-8-5-4-7-19(20)28-27(31)30(25(23)33)12-6-11-29-13-15-36-16-14-29/h4-5,7-10,17,23-24,32H,3,6,11-16H2,1-2H3. The predicted octanol–water partition coefficient (Wildman–Crippen LogP) is 2.59. The van der Waals surface area contributed by atoms with Crippen LogP contribution in [0, 0.1) is 5.92 Å². The molecule has 2 unspecified atom stereocenters. The number of carbonyl (C=O) groups excluding carboxylic acids is 2. The van der Waals surface area contributed by atoms with Gasteiger partial charge in [-0.2, -0.15) is 0 Å². The number of hydrogen-bond donors (Lipinski definition) is 1. The molecule has 1 aromatic heterocycles. The summed E-state index contributed by atoms with van der Waals surface area (Å²) in [6, 6.07) is 11.8. The second-order valence-corrected chi connectivity index (χ2v) is 9.17. The first-order chi connectivity index (χ1) is 18.0. The van der Waals surface area contributed by atoms with Crippen LogP contribution < -0.4 is 9.64 Å². The summed E-state index contributed by atoms with van der Waals surface area (Å²) in [5.74, 6) is -1.39. The van der Waals surface area contributed by atoms with Crippen LogP contribution in [0.2, 0.25) is 0 Å². The van der Waals surface area contributed by atoms with Crippen LogP contribution in [0.25, 0.3) is 11.0 Å². The molecule has 37 heavy (non-hydrogen) atoms. The number of rotatable bonds is 8. The third kappa shape index (κ3) is 4.74. The Morgan fingerprint density at radius 2 is 1.95 bits per heavy atom. The van der Waals surface area contributed by atoms with Crippen molar-refractivity contribution in [1.82, 2.24) is 14.5 Å². The molecule has 10 heteroatoms. The minimum atomic E-state index is -1.14. The zero-order valence-corrected chi connectivity index (χ0v) is 21.1. The molecule has 10 nitrogen and oxygen atoms in total. The highest BCUT2D eigenvalue weighted by molar-refractivity contribution is 6.08. The summed E-state index contributed by atoms with van der Waals surface area (Å²) in [6.45, 7) is 6.24. The van der Waals surface area contributed by atoms with Crippen molar-refractivity contribution in [3.05, 3.63) is 48.0 Å². The summed E-state index contributed by atoms with van der Waals surface area (Å²) in [4.78, 5) is 36.1. The normalized spacial score (nSPS) is 20.2. The van der Waals surface area contributed by atoms with E-state index in [0.717, 1.165) is 37.1 Å². The van der Waals surface area contributed by atoms with E-state index in [9.17, 15) is 14.7 Å². The zero-order chi connectivity index (χ0) is 25.9. The largest absolute Gasteiger partial charge is 0.504 e. The fourth-order valence-corrected chi connectivity index (χ4v) is 5.23. The van der Waals surface area contributed by atoms with Gasteiger partial charge in [0.2, 0.25) is 11.9 Å². The first-order valence-corrected chi connectivity index (χ1v) is 12.7. The number of amides is 1. The van der Waals surface area contributed by atoms with Crippen LogP contribution in [0.1, 0.15) is 24.9 Å². The van der Waals surface area contributed by atoms with Crippen molar-refractivity contribution in [3.8, 4) is 11.5 Å². The molecule has 1 saturated heterocycles. The second-order valence-electron chi connectivity index (χ2n) is 9.17. The van der Waals surface area contributed by atoms with Gasteiger partial charge < -0.3 is 23.9 Å². The van der Waals surface area contributed by atoms with E-state index in [1.807, 2.05) is 28.8 Å². The van der Waals surface area contributed by atoms with Crippen LogP contribution in [0.4, 0.5) is 5.95 Å². The van der Waals surface area contributed by atoms with Crippen molar-refractivity contribution < 1.29 is 28.9 Å². The Labute approximate surface area is 215 Å². The molecule has 1 N–H and O–H groups in total. The predicted molar refractivity (Wildman–Crippen MR) is 137 cm³/mol. The number of hydrogen-bond acceptors (Lipinski definition) is 8. The number of nitrogens with zero attached hydrogens (tertiary/aromatic N) is 4. The van der Waals surface area contributed by atoms with E-state index in [4.69, 9.17) is 19.2 Å². The van der Waals surface area contributed by atoms with Crippen LogP contribution in [0.5, 0.6) is 11.5 Å². The first kappa shape index (κ1) is 25.0. The average Bonchev–Trinajstić information content (AvgIpc) is 3.29. The molecule has 196 valence electrons. The number of aromatic hydroxyl groups is 1. The fourth-order valence-electron chi connectivity index (χ4n) is 5.23. The summed E-state index contributed by atoms with van der Waals surface area (Å²) in [5.41, 5.74) is 2.09. The van der Waals surface area contributed by atoms with Crippen molar-refractivity contribution in [2.75, 3.05) is 58.0 Å². The SMILES string of the molecule is CCOC(=O)C1C(=O)N(CCCN2CCOCC2)c2nc3ccccc3n2C1c1ccc(OC)c(O)c1. The monoisotopic (exact) mass is 508 g/mol. The summed E-state index contributed by atoms with van der Waals surface area (Å²) >= 11 is 0. The summed E-state index contributed by atoms with van der Waals surface area (Å²) in [5, 5.41) is 10.5. The molecule has 0 aliphatic carbocycles. The van der Waals surface area contributed by atoms with Crippen molar-refractivity contribution >= 4 is 28.9 Å². The summed E-state index contributed by atoms with van der Waals surface area (Å²) in [7, 11) is 1.47. The maximum Gasteiger partial charge on any atom is 0.321 e. The van der Waals surface area contributed by atoms with Crippen molar-refractivity contribution in [3.63, 3.8) is 0 Å². The molecule has 1 fully saturated rings. The lowest BCUT2D eigenvalue weighted by Crippen LogP contribution is -2.51. The Balaban J connectivity index is 1.59. The molecule has 2 aliphatic heterocycles. The lowest BCUT2D eigenvalue weighted by molar-refractivity contribution is -0.153. The average molecular weight is 509 g/mol. The van der Waals surface area contributed by atoms with Crippen molar-refractivity contribution in [1.29, 1.82) is 0 Å². The topological polar surface area (TPSA) is 106 Å². The fraction of sp³-hybridized carbons (Fsp3) is 0.444. The van der Waals surface area contributed by atoms with Crippen molar-refractivity contribution in [2.45, 2.75) is 19.4 Å². The van der Waals surface area contributed by atoms with Gasteiger partial charge in [0.25, 0.3) is 0 Å². The number of phenols is 1. The maximum atomic E-state index is 14.0. The molecular formula is C27H32N4O6. The van der Waals surface area contributed by atoms with E-state index < -0.39 is 17.9 Å². The second kappa shape index (κ2) is 10.8. The van der Waals surface area contributed by atoms with Gasteiger partial charge in [-0.25, -0.2) is 4.98 Å². The smallest absolute Gasteiger partial charge is 0.321 e. The highest BCUT2D eigenvalue weighted by Crippen LogP contribution is 2.43. The number of phenolic OH excluding ortho intramolecular Hbond substituents is 1. The van der Waals surface area contributed by atoms with Crippen LogP contribution >= 0.6 is 0 Å². The molecule has 2 atom stereocenters. The van der Waals surface area contributed by atoms with E-state index in [-0.39, 0.29) is 18.3 Å². The molecular weight excluding hydrogens is 476 g/mol. The Kier molecular flexibility index (Phi) is 7.29. The molecule has 1 amide bonds. The number of ether oxygens (including phenoxy) is 3. The Bertz CT molecular complexity index is 1290. The quantitative estimate of drug-likeness (QED) is 0.366. The number of esters is 1. The van der Waals surface area contributed by atoms with E-state index in [1.54, 1.807) is 24.0 Å². The maximum absolute atomic E-state index is 14.0. The number of carbonyl (C=O) groups is 2. The van der Waals surface area contributed by atoms with Crippen LogP contribution in [0.3, 0.4) is 0 Å². The number of fused-ring (bicyclic) bond motifs is 3. The molecule has 2 aliphatic rings. The molecule has 0 spiro atoms. The number of benzene rings is 2. The number of morpholine rings is 1. The molecule has 2 aromatic carbocycles. The summed E-state index contributed by atoms with van der Waals surface area (Å²) in [6.07, 6.45) is 0.721. The van der Waals surface area contributed by atoms with E-state index in [2.05, 4.69) is 4.90 Å². The molecule has 5 rings (SSSR count). The van der Waals surface area contributed by atoms with Gasteiger partial charge in [-0.3, -0.25) is 19.4 Å². The lowest BCUT2D eigenvalue weighted by atomic mass is 9.89. The highest BCUT2D eigenvalue weighted by Gasteiger charge is 2.47. The third-order valence-corrected chi connectivity index (χ3v) is 6.99. The van der Waals surface area contributed by atoms with Crippen LogP contribution in [-0.4, -0.2) is 84.5 Å². The Morgan fingerprint density at radius 3 is 2.68 bits per heavy atom. The molecule has 0 radical (unpaired) electrons. The minimum Gasteiger partial charge on any atom is -0.504 e. The molecule has 0 bridgehead atoms. The van der Waals surface area contributed by atoms with Crippen LogP contribution in [-0.2, 0) is 19.1 Å². The number of imidazole rings is 1. The molecule has 3 heterocycles. The van der Waals surface area contributed by atoms with Gasteiger partial charge in [-0.15, -0.1) is 0 Å².